The van der Waals surface area contributed by atoms with Gasteiger partial charge < -0.3 is 0 Å². The van der Waals surface area contributed by atoms with Crippen LogP contribution in [0.5, 0.6) is 0 Å². The van der Waals surface area contributed by atoms with Gasteiger partial charge in [0, 0.05) is 6.42 Å². The zero-order valence-electron chi connectivity index (χ0n) is 9.12. The molecule has 1 aliphatic rings. The summed E-state index contributed by atoms with van der Waals surface area (Å²) in [5, 5.41) is 2.20. The van der Waals surface area contributed by atoms with Crippen molar-refractivity contribution in [3.63, 3.8) is 0 Å². The highest BCUT2D eigenvalue weighted by Crippen LogP contribution is 2.13. The van der Waals surface area contributed by atoms with E-state index in [0.29, 0.717) is 11.1 Å². The van der Waals surface area contributed by atoms with Gasteiger partial charge in [0.05, 0.1) is 11.1 Å². The second-order valence-corrected chi connectivity index (χ2v) is 3.28. The minimum atomic E-state index is -0.300. The zero-order valence-corrected chi connectivity index (χ0v) is 9.12. The van der Waals surface area contributed by atoms with Crippen LogP contribution in [0.4, 0.5) is 0 Å². The van der Waals surface area contributed by atoms with Crippen molar-refractivity contribution < 1.29 is 9.59 Å². The van der Waals surface area contributed by atoms with Crippen LogP contribution in [0.2, 0.25) is 0 Å². The van der Waals surface area contributed by atoms with Gasteiger partial charge in [0.1, 0.15) is 0 Å². The first-order chi connectivity index (χ1) is 7.70. The Morgan fingerprint density at radius 2 is 1.69 bits per heavy atom. The van der Waals surface area contributed by atoms with Crippen molar-refractivity contribution in [2.45, 2.75) is 19.8 Å². The normalized spacial score (nSPS) is 12.0. The van der Waals surface area contributed by atoms with E-state index < -0.39 is 0 Å². The Hall–Kier alpha value is -2.08. The highest BCUT2D eigenvalue weighted by atomic mass is 16.2. The maximum Gasteiger partial charge on any atom is 0.258 e. The van der Waals surface area contributed by atoms with E-state index in [-0.39, 0.29) is 11.8 Å². The van der Waals surface area contributed by atoms with Crippen molar-refractivity contribution in [1.29, 1.82) is 0 Å². The zero-order chi connectivity index (χ0) is 12.0. The summed E-state index contributed by atoms with van der Waals surface area (Å²) in [4.78, 5) is 21.9. The maximum atomic E-state index is 10.9. The molecule has 1 heterocycles. The highest BCUT2D eigenvalue weighted by molar-refractivity contribution is 6.21. The second-order valence-electron chi connectivity index (χ2n) is 3.28. The van der Waals surface area contributed by atoms with Crippen molar-refractivity contribution in [3.8, 4) is 12.3 Å². The number of fused-ring (bicyclic) bond motifs is 1. The molecule has 0 unspecified atom stereocenters. The number of hydrogen-bond donors (Lipinski definition) is 1. The van der Waals surface area contributed by atoms with Crippen LogP contribution in [0.25, 0.3) is 0 Å². The van der Waals surface area contributed by atoms with Crippen LogP contribution in [-0.2, 0) is 0 Å². The number of carbonyl (C=O) groups is 2. The number of hydrogen-bond acceptors (Lipinski definition) is 2. The summed E-state index contributed by atoms with van der Waals surface area (Å²) in [6, 6.07) is 6.74. The molecule has 0 aromatic heterocycles. The smallest absolute Gasteiger partial charge is 0.258 e. The van der Waals surface area contributed by atoms with E-state index in [1.807, 2.05) is 0 Å². The molecule has 0 saturated carbocycles. The van der Waals surface area contributed by atoms with Gasteiger partial charge in [0.2, 0.25) is 0 Å². The van der Waals surface area contributed by atoms with Gasteiger partial charge in [-0.2, -0.15) is 0 Å². The molecular formula is C13H13NO2. The van der Waals surface area contributed by atoms with E-state index in [1.54, 1.807) is 24.3 Å². The fourth-order valence-corrected chi connectivity index (χ4v) is 1.26. The van der Waals surface area contributed by atoms with E-state index in [9.17, 15) is 9.59 Å². The number of carbonyl (C=O) groups excluding carboxylic acids is 2. The van der Waals surface area contributed by atoms with Gasteiger partial charge >= 0.3 is 0 Å². The lowest BCUT2D eigenvalue weighted by Crippen LogP contribution is -2.19. The first kappa shape index (κ1) is 12.0. The van der Waals surface area contributed by atoms with Crippen LogP contribution < -0.4 is 5.32 Å². The van der Waals surface area contributed by atoms with Gasteiger partial charge in [-0.05, 0) is 18.6 Å². The van der Waals surface area contributed by atoms with Crippen molar-refractivity contribution >= 4 is 11.8 Å². The molecule has 0 saturated heterocycles. The molecule has 1 aromatic carbocycles. The Kier molecular flexibility index (Phi) is 4.28. The van der Waals surface area contributed by atoms with Gasteiger partial charge in [-0.15, -0.1) is 12.3 Å². The minimum absolute atomic E-state index is 0.300. The van der Waals surface area contributed by atoms with E-state index in [2.05, 4.69) is 18.2 Å². The number of rotatable bonds is 1. The van der Waals surface area contributed by atoms with E-state index in [1.165, 1.54) is 0 Å². The first-order valence-corrected chi connectivity index (χ1v) is 5.08. The lowest BCUT2D eigenvalue weighted by atomic mass is 10.1. The van der Waals surface area contributed by atoms with Crippen molar-refractivity contribution in [2.75, 3.05) is 0 Å². The number of terminal acetylenes is 1. The van der Waals surface area contributed by atoms with Crippen LogP contribution in [0.3, 0.4) is 0 Å². The predicted octanol–water partition coefficient (Wildman–Crippen LogP) is 1.99. The largest absolute Gasteiger partial charge is 0.288 e. The molecule has 2 amide bonds. The van der Waals surface area contributed by atoms with E-state index >= 15 is 0 Å². The summed E-state index contributed by atoms with van der Waals surface area (Å²) in [6.45, 7) is 2.07. The summed E-state index contributed by atoms with van der Waals surface area (Å²) >= 11 is 0. The molecule has 1 aliphatic heterocycles. The average Bonchev–Trinajstić information content (AvgIpc) is 2.58. The monoisotopic (exact) mass is 215 g/mol. The molecule has 1 aromatic rings. The summed E-state index contributed by atoms with van der Waals surface area (Å²) in [5.41, 5.74) is 0.940. The van der Waals surface area contributed by atoms with Crippen molar-refractivity contribution in [2.24, 2.45) is 0 Å². The van der Waals surface area contributed by atoms with Crippen molar-refractivity contribution in [3.05, 3.63) is 35.4 Å². The average molecular weight is 215 g/mol. The number of unbranched alkanes of at least 4 members (excludes halogenated alkanes) is 1. The predicted molar refractivity (Wildman–Crippen MR) is 62.0 cm³/mol. The molecule has 0 spiro atoms. The molecule has 3 heteroatoms. The molecule has 3 nitrogen and oxygen atoms in total. The molecule has 0 bridgehead atoms. The number of amides is 2. The Morgan fingerprint density at radius 3 is 2.00 bits per heavy atom. The van der Waals surface area contributed by atoms with Crippen LogP contribution >= 0.6 is 0 Å². The van der Waals surface area contributed by atoms with Gasteiger partial charge in [0.25, 0.3) is 11.8 Å². The lowest BCUT2D eigenvalue weighted by molar-refractivity contribution is 0.0879. The van der Waals surface area contributed by atoms with Gasteiger partial charge in [-0.3, -0.25) is 14.9 Å². The number of benzene rings is 1. The minimum Gasteiger partial charge on any atom is -0.288 e. The highest BCUT2D eigenvalue weighted by Gasteiger charge is 2.25. The maximum absolute atomic E-state index is 10.9. The standard InChI is InChI=1S/C8H5NO2.C5H8/c10-7-5-3-1-2-4-6(5)8(11)9-7;1-3-5-4-2/h1-4H,(H,9,10,11);1H,4-5H2,2H3. The summed E-state index contributed by atoms with van der Waals surface area (Å²) < 4.78 is 0. The van der Waals surface area contributed by atoms with Gasteiger partial charge in [-0.1, -0.05) is 19.1 Å². The molecule has 0 aliphatic carbocycles. The molecule has 16 heavy (non-hydrogen) atoms. The third-order valence-electron chi connectivity index (χ3n) is 2.04. The Bertz CT molecular complexity index is 410. The van der Waals surface area contributed by atoms with Crippen LogP contribution in [-0.4, -0.2) is 11.8 Å². The molecule has 0 fully saturated rings. The third kappa shape index (κ3) is 2.71. The van der Waals surface area contributed by atoms with Crippen LogP contribution in [0.15, 0.2) is 24.3 Å². The third-order valence-corrected chi connectivity index (χ3v) is 2.04. The number of imide groups is 1. The molecule has 0 atom stereocenters. The van der Waals surface area contributed by atoms with Crippen molar-refractivity contribution in [1.82, 2.24) is 5.32 Å². The van der Waals surface area contributed by atoms with E-state index in [4.69, 9.17) is 6.42 Å². The first-order valence-electron chi connectivity index (χ1n) is 5.08. The molecule has 2 rings (SSSR count). The topological polar surface area (TPSA) is 46.2 Å². The molecule has 82 valence electrons. The molecule has 0 radical (unpaired) electrons. The van der Waals surface area contributed by atoms with Gasteiger partial charge in [0.15, 0.2) is 0 Å². The fraction of sp³-hybridized carbons (Fsp3) is 0.231. The summed E-state index contributed by atoms with van der Waals surface area (Å²) in [6.07, 6.45) is 6.91. The summed E-state index contributed by atoms with van der Waals surface area (Å²) in [7, 11) is 0. The number of nitrogens with one attached hydrogen (secondary N) is 1. The lowest BCUT2D eigenvalue weighted by Gasteiger charge is -1.88. The van der Waals surface area contributed by atoms with E-state index in [0.717, 1.165) is 12.8 Å². The van der Waals surface area contributed by atoms with Gasteiger partial charge in [-0.25, -0.2) is 0 Å². The summed E-state index contributed by atoms with van der Waals surface area (Å²) in [5.74, 6) is 1.92. The van der Waals surface area contributed by atoms with Crippen LogP contribution in [0, 0.1) is 12.3 Å². The SMILES string of the molecule is C#CCCC.O=C1NC(=O)c2ccccc21. The Balaban J connectivity index is 0.000000221. The second kappa shape index (κ2) is 5.72. The molecule has 1 N–H and O–H groups in total. The molecular weight excluding hydrogens is 202 g/mol. The van der Waals surface area contributed by atoms with Crippen LogP contribution in [0.1, 0.15) is 40.5 Å². The fourth-order valence-electron chi connectivity index (χ4n) is 1.26. The quantitative estimate of drug-likeness (QED) is 0.575. The Morgan fingerprint density at radius 1 is 1.19 bits per heavy atom. The Labute approximate surface area is 94.9 Å².